The molecule has 1 aliphatic carbocycles. The molecule has 1 saturated carbocycles. The van der Waals surface area contributed by atoms with Crippen LogP contribution in [0.2, 0.25) is 0 Å². The summed E-state index contributed by atoms with van der Waals surface area (Å²) in [4.78, 5) is 24.2. The highest BCUT2D eigenvalue weighted by Crippen LogP contribution is 2.61. The third-order valence-electron chi connectivity index (χ3n) is 5.69. The quantitative estimate of drug-likeness (QED) is 0.629. The van der Waals surface area contributed by atoms with Crippen LogP contribution in [0.15, 0.2) is 42.2 Å². The summed E-state index contributed by atoms with van der Waals surface area (Å²) in [5, 5.41) is 2.42. The van der Waals surface area contributed by atoms with E-state index in [0.29, 0.717) is 25.0 Å². The van der Waals surface area contributed by atoms with E-state index in [-0.39, 0.29) is 23.9 Å². The van der Waals surface area contributed by atoms with Crippen molar-refractivity contribution in [1.29, 1.82) is 0 Å². The average Bonchev–Trinajstić information content (AvgIpc) is 3.23. The molecule has 3 aliphatic rings. The van der Waals surface area contributed by atoms with Crippen molar-refractivity contribution in [2.45, 2.75) is 37.8 Å². The van der Waals surface area contributed by atoms with Crippen LogP contribution in [-0.4, -0.2) is 43.7 Å². The lowest BCUT2D eigenvalue weighted by Crippen LogP contribution is -2.44. The highest BCUT2D eigenvalue weighted by atomic mass is 16.7. The zero-order valence-corrected chi connectivity index (χ0v) is 15.3. The molecule has 144 valence electrons. The van der Waals surface area contributed by atoms with Crippen molar-refractivity contribution in [2.75, 3.05) is 13.7 Å². The molecule has 0 spiro atoms. The number of nitrogens with one attached hydrogen (secondary N) is 1. The third-order valence-corrected chi connectivity index (χ3v) is 5.69. The minimum absolute atomic E-state index is 0.0468. The Morgan fingerprint density at radius 3 is 2.81 bits per heavy atom. The molecule has 0 radical (unpaired) electrons. The van der Waals surface area contributed by atoms with Crippen LogP contribution in [0.5, 0.6) is 0 Å². The van der Waals surface area contributed by atoms with E-state index >= 15 is 0 Å². The van der Waals surface area contributed by atoms with Gasteiger partial charge in [-0.2, -0.15) is 0 Å². The smallest absolute Gasteiger partial charge is 0.409 e. The average molecular weight is 373 g/mol. The molecule has 27 heavy (non-hydrogen) atoms. The third kappa shape index (κ3) is 3.27. The van der Waals surface area contributed by atoms with Gasteiger partial charge in [-0.1, -0.05) is 30.3 Å². The number of hydrogen-bond acceptors (Lipinski definition) is 6. The first kappa shape index (κ1) is 17.9. The van der Waals surface area contributed by atoms with Gasteiger partial charge in [0.2, 0.25) is 0 Å². The van der Waals surface area contributed by atoms with Crippen molar-refractivity contribution in [3.05, 3.63) is 47.7 Å². The van der Waals surface area contributed by atoms with Crippen molar-refractivity contribution in [3.63, 3.8) is 0 Å². The van der Waals surface area contributed by atoms with E-state index in [1.54, 1.807) is 0 Å². The second-order valence-electron chi connectivity index (χ2n) is 7.26. The Labute approximate surface area is 157 Å². The van der Waals surface area contributed by atoms with Gasteiger partial charge in [0.1, 0.15) is 5.60 Å². The number of benzene rings is 1. The van der Waals surface area contributed by atoms with Gasteiger partial charge in [-0.15, -0.1) is 0 Å². The maximum Gasteiger partial charge on any atom is 0.409 e. The topological polar surface area (TPSA) is 86.4 Å². The summed E-state index contributed by atoms with van der Waals surface area (Å²) in [7, 11) is 1.49. The molecule has 1 aromatic rings. The standard InChI is InChI=1S/C20H23NO6/c1-20-15(27-20)10-13-14(11-25-18(16(13)20)26-19(23)21-2)17(22)24-9-8-12-6-4-3-5-7-12/h3-7,11,13,15-16,18H,8-10H2,1-2H3,(H,21,23)/t13-,15+,16-,18+,20+/m1/s1. The Hall–Kier alpha value is -2.54. The van der Waals surface area contributed by atoms with E-state index in [0.717, 1.165) is 5.56 Å². The summed E-state index contributed by atoms with van der Waals surface area (Å²) >= 11 is 0. The molecule has 1 amide bonds. The van der Waals surface area contributed by atoms with Crippen LogP contribution in [0.25, 0.3) is 0 Å². The second-order valence-corrected chi connectivity index (χ2v) is 7.26. The Balaban J connectivity index is 1.42. The lowest BCUT2D eigenvalue weighted by Gasteiger charge is -2.35. The number of carbonyl (C=O) groups is 2. The molecular weight excluding hydrogens is 350 g/mol. The van der Waals surface area contributed by atoms with Gasteiger partial charge in [0.15, 0.2) is 0 Å². The van der Waals surface area contributed by atoms with E-state index in [1.165, 1.54) is 13.3 Å². The molecule has 2 fully saturated rings. The fourth-order valence-corrected chi connectivity index (χ4v) is 4.17. The Morgan fingerprint density at radius 1 is 1.30 bits per heavy atom. The van der Waals surface area contributed by atoms with E-state index in [1.807, 2.05) is 37.3 Å². The zero-order valence-electron chi connectivity index (χ0n) is 15.3. The highest BCUT2D eigenvalue weighted by Gasteiger charge is 2.71. The van der Waals surface area contributed by atoms with Crippen LogP contribution in [0, 0.1) is 11.8 Å². The first-order valence-corrected chi connectivity index (χ1v) is 9.15. The van der Waals surface area contributed by atoms with Gasteiger partial charge >= 0.3 is 12.1 Å². The van der Waals surface area contributed by atoms with Crippen LogP contribution in [0.3, 0.4) is 0 Å². The normalized spacial score (nSPS) is 33.0. The second kappa shape index (κ2) is 6.88. The molecule has 2 heterocycles. The maximum absolute atomic E-state index is 12.6. The first-order valence-electron chi connectivity index (χ1n) is 9.15. The van der Waals surface area contributed by atoms with Gasteiger partial charge in [0, 0.05) is 19.4 Å². The molecule has 5 atom stereocenters. The molecular formula is C20H23NO6. The molecule has 0 unspecified atom stereocenters. The van der Waals surface area contributed by atoms with Gasteiger partial charge in [-0.25, -0.2) is 9.59 Å². The van der Waals surface area contributed by atoms with Crippen molar-refractivity contribution in [2.24, 2.45) is 11.8 Å². The summed E-state index contributed by atoms with van der Waals surface area (Å²) in [6, 6.07) is 9.85. The SMILES string of the molecule is CNC(=O)O[C@@H]1OC=C(C(=O)OCCc2ccccc2)[C@H]2C[C@@H]3O[C@]3(C)[C@@H]12. The van der Waals surface area contributed by atoms with Gasteiger partial charge in [-0.05, 0) is 18.9 Å². The fraction of sp³-hybridized carbons (Fsp3) is 0.500. The van der Waals surface area contributed by atoms with Gasteiger partial charge in [-0.3, -0.25) is 0 Å². The lowest BCUT2D eigenvalue weighted by molar-refractivity contribution is -0.151. The Morgan fingerprint density at radius 2 is 2.07 bits per heavy atom. The van der Waals surface area contributed by atoms with Crippen LogP contribution < -0.4 is 5.32 Å². The molecule has 7 nitrogen and oxygen atoms in total. The Kier molecular flexibility index (Phi) is 4.55. The van der Waals surface area contributed by atoms with E-state index in [9.17, 15) is 9.59 Å². The molecule has 0 bridgehead atoms. The summed E-state index contributed by atoms with van der Waals surface area (Å²) in [5.41, 5.74) is 1.16. The van der Waals surface area contributed by atoms with Crippen LogP contribution in [0.4, 0.5) is 4.79 Å². The molecule has 1 N–H and O–H groups in total. The van der Waals surface area contributed by atoms with Crippen LogP contribution in [-0.2, 0) is 30.2 Å². The first-order chi connectivity index (χ1) is 13.0. The van der Waals surface area contributed by atoms with Crippen molar-refractivity contribution in [1.82, 2.24) is 5.32 Å². The van der Waals surface area contributed by atoms with E-state index < -0.39 is 18.0 Å². The summed E-state index contributed by atoms with van der Waals surface area (Å²) in [6.07, 6.45) is 1.42. The highest BCUT2D eigenvalue weighted by molar-refractivity contribution is 5.89. The molecule has 2 aliphatic heterocycles. The minimum Gasteiger partial charge on any atom is -0.462 e. The number of carbonyl (C=O) groups excluding carboxylic acids is 2. The molecule has 0 aromatic heterocycles. The van der Waals surface area contributed by atoms with Crippen molar-refractivity contribution >= 4 is 12.1 Å². The molecule has 7 heteroatoms. The van der Waals surface area contributed by atoms with Crippen LogP contribution in [0.1, 0.15) is 18.9 Å². The number of esters is 1. The number of epoxide rings is 1. The molecule has 1 aromatic carbocycles. The lowest BCUT2D eigenvalue weighted by atomic mass is 9.82. The largest absolute Gasteiger partial charge is 0.462 e. The summed E-state index contributed by atoms with van der Waals surface area (Å²) < 4.78 is 22.2. The minimum atomic E-state index is -0.784. The van der Waals surface area contributed by atoms with Gasteiger partial charge in [0.25, 0.3) is 6.29 Å². The summed E-state index contributed by atoms with van der Waals surface area (Å²) in [5.74, 6) is -0.730. The van der Waals surface area contributed by atoms with Crippen molar-refractivity contribution in [3.8, 4) is 0 Å². The monoisotopic (exact) mass is 373 g/mol. The fourth-order valence-electron chi connectivity index (χ4n) is 4.17. The predicted molar refractivity (Wildman–Crippen MR) is 94.5 cm³/mol. The summed E-state index contributed by atoms with van der Waals surface area (Å²) in [6.45, 7) is 2.27. The zero-order chi connectivity index (χ0) is 19.0. The Bertz CT molecular complexity index is 763. The number of rotatable bonds is 5. The number of ether oxygens (including phenoxy) is 4. The van der Waals surface area contributed by atoms with E-state index in [4.69, 9.17) is 18.9 Å². The molecule has 4 rings (SSSR count). The number of hydrogen-bond donors (Lipinski definition) is 1. The predicted octanol–water partition coefficient (Wildman–Crippen LogP) is 2.16. The number of fused-ring (bicyclic) bond motifs is 3. The maximum atomic E-state index is 12.6. The molecule has 1 saturated heterocycles. The van der Waals surface area contributed by atoms with Crippen molar-refractivity contribution < 1.29 is 28.5 Å². The van der Waals surface area contributed by atoms with Gasteiger partial charge < -0.3 is 24.3 Å². The van der Waals surface area contributed by atoms with E-state index in [2.05, 4.69) is 5.32 Å². The van der Waals surface area contributed by atoms with Gasteiger partial charge in [0.05, 0.1) is 30.5 Å². The number of amides is 1. The van der Waals surface area contributed by atoms with Crippen LogP contribution >= 0.6 is 0 Å². The number of alkyl carbamates (subject to hydrolysis) is 1.